The van der Waals surface area contributed by atoms with Gasteiger partial charge in [-0.05, 0) is 60.9 Å². The molecule has 0 saturated carbocycles. The average Bonchev–Trinajstić information content (AvgIpc) is 2.93. The van der Waals surface area contributed by atoms with Crippen LogP contribution in [0.4, 0.5) is 11.4 Å². The van der Waals surface area contributed by atoms with Crippen molar-refractivity contribution in [2.75, 3.05) is 31.0 Å². The second-order valence-electron chi connectivity index (χ2n) is 7.84. The maximum atomic E-state index is 12.4. The van der Waals surface area contributed by atoms with Gasteiger partial charge in [0.05, 0.1) is 25.6 Å². The fraction of sp³-hybridized carbons (Fsp3) is 0.214. The molecule has 0 fully saturated rings. The highest BCUT2D eigenvalue weighted by atomic mass is 16.5. The van der Waals surface area contributed by atoms with Gasteiger partial charge in [-0.15, -0.1) is 0 Å². The number of aryl methyl sites for hydroxylation is 1. The summed E-state index contributed by atoms with van der Waals surface area (Å²) in [6, 6.07) is 19.3. The van der Waals surface area contributed by atoms with Gasteiger partial charge in [-0.2, -0.15) is 5.10 Å². The number of hydrazone groups is 1. The molecule has 3 rings (SSSR count). The van der Waals surface area contributed by atoms with Crippen molar-refractivity contribution in [3.05, 3.63) is 77.9 Å². The Morgan fingerprint density at radius 2 is 1.55 bits per heavy atom. The van der Waals surface area contributed by atoms with E-state index < -0.39 is 11.8 Å². The topological polar surface area (TPSA) is 127 Å². The van der Waals surface area contributed by atoms with Gasteiger partial charge in [-0.25, -0.2) is 5.43 Å². The molecule has 198 valence electrons. The molecule has 0 aliphatic rings. The molecule has 0 aliphatic heterocycles. The van der Waals surface area contributed by atoms with Crippen molar-refractivity contribution < 1.29 is 28.6 Å². The number of ether oxygens (including phenoxy) is 3. The van der Waals surface area contributed by atoms with Crippen molar-refractivity contribution >= 4 is 35.3 Å². The number of carbonyl (C=O) groups is 3. The van der Waals surface area contributed by atoms with E-state index in [4.69, 9.17) is 14.2 Å². The van der Waals surface area contributed by atoms with E-state index in [2.05, 4.69) is 21.2 Å². The molecule has 0 saturated heterocycles. The first-order chi connectivity index (χ1) is 18.4. The van der Waals surface area contributed by atoms with Gasteiger partial charge >= 0.3 is 11.8 Å². The van der Waals surface area contributed by atoms with Crippen LogP contribution in [0, 0.1) is 0 Å². The average molecular weight is 519 g/mol. The normalized spacial score (nSPS) is 10.5. The van der Waals surface area contributed by atoms with Crippen LogP contribution in [0.25, 0.3) is 0 Å². The van der Waals surface area contributed by atoms with E-state index in [0.717, 1.165) is 17.7 Å². The molecule has 0 bridgehead atoms. The van der Waals surface area contributed by atoms with E-state index >= 15 is 0 Å². The third-order valence-corrected chi connectivity index (χ3v) is 5.24. The zero-order valence-electron chi connectivity index (χ0n) is 21.4. The van der Waals surface area contributed by atoms with Gasteiger partial charge in [-0.3, -0.25) is 14.4 Å². The van der Waals surface area contributed by atoms with Gasteiger partial charge in [0.2, 0.25) is 0 Å². The molecule has 0 heterocycles. The summed E-state index contributed by atoms with van der Waals surface area (Å²) >= 11 is 0. The fourth-order valence-electron chi connectivity index (χ4n) is 3.41. The van der Waals surface area contributed by atoms with Crippen LogP contribution in [0.1, 0.15) is 25.0 Å². The quantitative estimate of drug-likeness (QED) is 0.202. The number of carbonyl (C=O) groups excluding carboxylic acids is 3. The number of para-hydroxylation sites is 3. The van der Waals surface area contributed by atoms with Crippen LogP contribution in [0.3, 0.4) is 0 Å². The second kappa shape index (κ2) is 14.0. The van der Waals surface area contributed by atoms with Gasteiger partial charge in [0.1, 0.15) is 5.75 Å². The summed E-state index contributed by atoms with van der Waals surface area (Å²) in [6.45, 7) is 4.04. The lowest BCUT2D eigenvalue weighted by Crippen LogP contribution is -2.32. The molecule has 3 aromatic carbocycles. The number of methoxy groups -OCH3 is 1. The Kier molecular flexibility index (Phi) is 10.2. The van der Waals surface area contributed by atoms with Crippen molar-refractivity contribution in [1.82, 2.24) is 5.43 Å². The largest absolute Gasteiger partial charge is 0.493 e. The van der Waals surface area contributed by atoms with Crippen LogP contribution in [0.5, 0.6) is 17.2 Å². The smallest absolute Gasteiger partial charge is 0.329 e. The molecule has 0 aliphatic carbocycles. The third kappa shape index (κ3) is 7.82. The maximum absolute atomic E-state index is 12.4. The summed E-state index contributed by atoms with van der Waals surface area (Å²) < 4.78 is 16.4. The Hall–Kier alpha value is -4.86. The number of anilines is 2. The van der Waals surface area contributed by atoms with Crippen LogP contribution >= 0.6 is 0 Å². The van der Waals surface area contributed by atoms with Crippen LogP contribution < -0.4 is 30.3 Å². The number of rotatable bonds is 11. The van der Waals surface area contributed by atoms with E-state index in [1.165, 1.54) is 13.3 Å². The van der Waals surface area contributed by atoms with Crippen LogP contribution in [0.2, 0.25) is 0 Å². The standard InChI is InChI=1S/C28H30N4O6/c1-4-20-10-6-7-11-21(20)30-26(33)18-38-24-15-14-19(16-25(24)36-3)17-29-32-28(35)27(34)31-22-12-8-9-13-23(22)37-5-2/h6-17H,4-5,18H2,1-3H3,(H,30,33)(H,31,34)(H,32,35)/b29-17-. The van der Waals surface area contributed by atoms with E-state index in [9.17, 15) is 14.4 Å². The number of amides is 3. The first kappa shape index (κ1) is 27.7. The summed E-state index contributed by atoms with van der Waals surface area (Å²) in [5.41, 5.74) is 4.90. The summed E-state index contributed by atoms with van der Waals surface area (Å²) in [4.78, 5) is 36.7. The summed E-state index contributed by atoms with van der Waals surface area (Å²) in [5.74, 6) is -0.960. The SMILES string of the molecule is CCOc1ccccc1NC(=O)C(=O)N/N=C\c1ccc(OCC(=O)Nc2ccccc2CC)c(OC)c1. The second-order valence-corrected chi connectivity index (χ2v) is 7.84. The molecule has 10 nitrogen and oxygen atoms in total. The van der Waals surface area contributed by atoms with Crippen molar-refractivity contribution in [2.24, 2.45) is 5.10 Å². The van der Waals surface area contributed by atoms with E-state index in [1.54, 1.807) is 42.5 Å². The highest BCUT2D eigenvalue weighted by Gasteiger charge is 2.15. The summed E-state index contributed by atoms with van der Waals surface area (Å²) in [5, 5.41) is 9.17. The monoisotopic (exact) mass is 518 g/mol. The van der Waals surface area contributed by atoms with E-state index in [-0.39, 0.29) is 12.5 Å². The van der Waals surface area contributed by atoms with Crippen molar-refractivity contribution in [3.63, 3.8) is 0 Å². The van der Waals surface area contributed by atoms with Gasteiger partial charge in [0.15, 0.2) is 18.1 Å². The zero-order chi connectivity index (χ0) is 27.3. The highest BCUT2D eigenvalue weighted by Crippen LogP contribution is 2.28. The lowest BCUT2D eigenvalue weighted by molar-refractivity contribution is -0.136. The number of nitrogens with one attached hydrogen (secondary N) is 3. The van der Waals surface area contributed by atoms with Gasteiger partial charge in [0, 0.05) is 5.69 Å². The Morgan fingerprint density at radius 1 is 0.816 bits per heavy atom. The Balaban J connectivity index is 1.54. The summed E-state index contributed by atoms with van der Waals surface area (Å²) in [6.07, 6.45) is 2.14. The molecule has 38 heavy (non-hydrogen) atoms. The molecule has 3 aromatic rings. The van der Waals surface area contributed by atoms with Gasteiger partial charge < -0.3 is 24.8 Å². The van der Waals surface area contributed by atoms with Crippen molar-refractivity contribution in [3.8, 4) is 17.2 Å². The predicted octanol–water partition coefficient (Wildman–Crippen LogP) is 3.76. The Labute approximate surface area is 221 Å². The summed E-state index contributed by atoms with van der Waals surface area (Å²) in [7, 11) is 1.47. The molecular weight excluding hydrogens is 488 g/mol. The highest BCUT2D eigenvalue weighted by molar-refractivity contribution is 6.39. The van der Waals surface area contributed by atoms with Crippen LogP contribution in [0.15, 0.2) is 71.8 Å². The minimum atomic E-state index is -0.949. The first-order valence-corrected chi connectivity index (χ1v) is 12.0. The lowest BCUT2D eigenvalue weighted by Gasteiger charge is -2.13. The predicted molar refractivity (Wildman–Crippen MR) is 145 cm³/mol. The van der Waals surface area contributed by atoms with Crippen molar-refractivity contribution in [1.29, 1.82) is 0 Å². The molecule has 0 aromatic heterocycles. The first-order valence-electron chi connectivity index (χ1n) is 12.0. The molecule has 0 radical (unpaired) electrons. The minimum Gasteiger partial charge on any atom is -0.493 e. The van der Waals surface area contributed by atoms with Crippen LogP contribution in [-0.2, 0) is 20.8 Å². The van der Waals surface area contributed by atoms with Gasteiger partial charge in [-0.1, -0.05) is 37.3 Å². The lowest BCUT2D eigenvalue weighted by atomic mass is 10.1. The fourth-order valence-corrected chi connectivity index (χ4v) is 3.41. The zero-order valence-corrected chi connectivity index (χ0v) is 21.4. The number of hydrogen-bond acceptors (Lipinski definition) is 7. The molecule has 10 heteroatoms. The van der Waals surface area contributed by atoms with E-state index in [0.29, 0.717) is 35.1 Å². The molecule has 0 unspecified atom stereocenters. The third-order valence-electron chi connectivity index (χ3n) is 5.24. The maximum Gasteiger partial charge on any atom is 0.329 e. The molecule has 3 N–H and O–H groups in total. The van der Waals surface area contributed by atoms with Crippen molar-refractivity contribution in [2.45, 2.75) is 20.3 Å². The van der Waals surface area contributed by atoms with Crippen LogP contribution in [-0.4, -0.2) is 44.3 Å². The minimum absolute atomic E-state index is 0.209. The molecule has 0 atom stereocenters. The number of nitrogens with zero attached hydrogens (tertiary/aromatic N) is 1. The van der Waals surface area contributed by atoms with E-state index in [1.807, 2.05) is 38.1 Å². The molecule has 3 amide bonds. The number of benzene rings is 3. The number of hydrogen-bond donors (Lipinski definition) is 3. The Morgan fingerprint density at radius 3 is 2.29 bits per heavy atom. The Bertz CT molecular complexity index is 1310. The van der Waals surface area contributed by atoms with Gasteiger partial charge in [0.25, 0.3) is 5.91 Å². The molecular formula is C28H30N4O6. The molecule has 0 spiro atoms.